The molecule has 0 saturated carbocycles. The number of hydrogen-bond acceptors (Lipinski definition) is 8. The molecule has 4 rings (SSSR count). The number of aliphatic hydroxyl groups excluding tert-OH is 2. The molecule has 0 radical (unpaired) electrons. The predicted molar refractivity (Wildman–Crippen MR) is 183 cm³/mol. The van der Waals surface area contributed by atoms with Gasteiger partial charge in [-0.2, -0.15) is 0 Å². The van der Waals surface area contributed by atoms with E-state index >= 15 is 0 Å². The van der Waals surface area contributed by atoms with Crippen molar-refractivity contribution in [3.8, 4) is 23.3 Å². The topological polar surface area (TPSA) is 159 Å². The third-order valence-electron chi connectivity index (χ3n) is 9.55. The SMILES string of the molecule is CCC1(CNC(N)=NC)C#CCC(Cc2cc(OC3CCNC(Cc4ccccc4)C3)c(O)cc2CO)C(OC(C)=O)CC(O)CC1. The molecule has 10 heteroatoms. The summed E-state index contributed by atoms with van der Waals surface area (Å²) in [6.45, 7) is 4.48. The molecular weight excluding hydrogens is 596 g/mol. The molecule has 1 saturated heterocycles. The molecule has 6 atom stereocenters. The largest absolute Gasteiger partial charge is 0.504 e. The zero-order valence-corrected chi connectivity index (χ0v) is 28.0. The third kappa shape index (κ3) is 10.6. The molecule has 47 heavy (non-hydrogen) atoms. The molecule has 1 fully saturated rings. The summed E-state index contributed by atoms with van der Waals surface area (Å²) in [7, 11) is 1.62. The highest BCUT2D eigenvalue weighted by Crippen LogP contribution is 2.36. The number of piperidine rings is 1. The van der Waals surface area contributed by atoms with E-state index in [-0.39, 0.29) is 36.8 Å². The van der Waals surface area contributed by atoms with Crippen LogP contribution in [0.5, 0.6) is 11.5 Å². The summed E-state index contributed by atoms with van der Waals surface area (Å²) >= 11 is 0. The first-order valence-electron chi connectivity index (χ1n) is 16.8. The van der Waals surface area contributed by atoms with Gasteiger partial charge in [-0.1, -0.05) is 43.2 Å². The maximum atomic E-state index is 12.2. The van der Waals surface area contributed by atoms with E-state index in [1.165, 1.54) is 12.5 Å². The minimum absolute atomic E-state index is 0.0243. The Hall–Kier alpha value is -3.78. The Morgan fingerprint density at radius 1 is 1.17 bits per heavy atom. The fourth-order valence-electron chi connectivity index (χ4n) is 6.68. The quantitative estimate of drug-likeness (QED) is 0.0927. The second-order valence-corrected chi connectivity index (χ2v) is 13.0. The normalized spacial score (nSPS) is 26.8. The number of phenolic OH excluding ortho intramolecular Hbond substituents is 1. The van der Waals surface area contributed by atoms with E-state index in [1.807, 2.05) is 18.2 Å². The lowest BCUT2D eigenvalue weighted by atomic mass is 9.77. The Balaban J connectivity index is 1.58. The summed E-state index contributed by atoms with van der Waals surface area (Å²) < 4.78 is 12.2. The van der Waals surface area contributed by atoms with E-state index in [9.17, 15) is 20.1 Å². The second kappa shape index (κ2) is 17.4. The number of guanidine groups is 1. The molecule has 10 nitrogen and oxygen atoms in total. The van der Waals surface area contributed by atoms with Gasteiger partial charge >= 0.3 is 5.97 Å². The Morgan fingerprint density at radius 3 is 2.66 bits per heavy atom. The van der Waals surface area contributed by atoms with Gasteiger partial charge in [0.1, 0.15) is 12.2 Å². The van der Waals surface area contributed by atoms with Crippen LogP contribution in [0.2, 0.25) is 0 Å². The molecule has 0 bridgehead atoms. The minimum Gasteiger partial charge on any atom is -0.504 e. The Bertz CT molecular complexity index is 1410. The maximum absolute atomic E-state index is 12.2. The first kappa shape index (κ1) is 36.1. The van der Waals surface area contributed by atoms with Gasteiger partial charge in [0.2, 0.25) is 0 Å². The number of carbonyl (C=O) groups is 1. The van der Waals surface area contributed by atoms with Crippen LogP contribution < -0.4 is 21.1 Å². The number of aromatic hydroxyl groups is 1. The number of benzene rings is 2. The van der Waals surface area contributed by atoms with Crippen LogP contribution in [-0.2, 0) is 29.0 Å². The zero-order chi connectivity index (χ0) is 33.8. The van der Waals surface area contributed by atoms with E-state index in [2.05, 4.69) is 46.5 Å². The van der Waals surface area contributed by atoms with Crippen molar-refractivity contribution in [3.05, 3.63) is 59.2 Å². The average molecular weight is 649 g/mol. The lowest BCUT2D eigenvalue weighted by molar-refractivity contribution is -0.151. The van der Waals surface area contributed by atoms with Gasteiger partial charge in [0.15, 0.2) is 17.5 Å². The predicted octanol–water partition coefficient (Wildman–Crippen LogP) is 3.59. The highest BCUT2D eigenvalue weighted by atomic mass is 16.5. The Labute approximate surface area is 279 Å². The lowest BCUT2D eigenvalue weighted by Crippen LogP contribution is -2.43. The molecular formula is C37H52N4O6. The van der Waals surface area contributed by atoms with Crippen molar-refractivity contribution in [1.29, 1.82) is 0 Å². The van der Waals surface area contributed by atoms with Crippen molar-refractivity contribution in [1.82, 2.24) is 10.6 Å². The molecule has 0 amide bonds. The van der Waals surface area contributed by atoms with E-state index in [1.54, 1.807) is 19.2 Å². The first-order chi connectivity index (χ1) is 22.6. The van der Waals surface area contributed by atoms with Crippen molar-refractivity contribution < 1.29 is 29.6 Å². The van der Waals surface area contributed by atoms with Crippen LogP contribution in [0.3, 0.4) is 0 Å². The molecule has 0 spiro atoms. The number of esters is 1. The van der Waals surface area contributed by atoms with Crippen molar-refractivity contribution in [3.63, 3.8) is 0 Å². The van der Waals surface area contributed by atoms with Crippen LogP contribution in [-0.4, -0.2) is 71.7 Å². The number of nitrogens with two attached hydrogens (primary N) is 1. The van der Waals surface area contributed by atoms with Crippen molar-refractivity contribution in [2.75, 3.05) is 20.1 Å². The van der Waals surface area contributed by atoms with Crippen molar-refractivity contribution >= 4 is 11.9 Å². The summed E-state index contributed by atoms with van der Waals surface area (Å²) in [5.41, 5.74) is 8.10. The van der Waals surface area contributed by atoms with Gasteiger partial charge in [-0.05, 0) is 80.3 Å². The first-order valence-corrected chi connectivity index (χ1v) is 16.8. The summed E-state index contributed by atoms with van der Waals surface area (Å²) in [6.07, 6.45) is 4.07. The van der Waals surface area contributed by atoms with E-state index in [4.69, 9.17) is 15.2 Å². The van der Waals surface area contributed by atoms with Crippen LogP contribution >= 0.6 is 0 Å². The number of aliphatic imine (C=N–C) groups is 1. The van der Waals surface area contributed by atoms with Crippen LogP contribution in [0.15, 0.2) is 47.5 Å². The number of hydrogen-bond donors (Lipinski definition) is 6. The van der Waals surface area contributed by atoms with Gasteiger partial charge in [-0.3, -0.25) is 9.79 Å². The van der Waals surface area contributed by atoms with E-state index < -0.39 is 23.6 Å². The molecule has 0 aromatic heterocycles. The van der Waals surface area contributed by atoms with Crippen molar-refractivity contribution in [2.24, 2.45) is 22.1 Å². The molecule has 1 aliphatic heterocycles. The summed E-state index contributed by atoms with van der Waals surface area (Å²) in [5, 5.41) is 39.1. The van der Waals surface area contributed by atoms with Gasteiger partial charge in [-0.15, -0.1) is 5.92 Å². The minimum atomic E-state index is -0.704. The van der Waals surface area contributed by atoms with Crippen LogP contribution in [0.25, 0.3) is 0 Å². The molecule has 7 N–H and O–H groups in total. The number of nitrogens with zero attached hydrogens (tertiary/aromatic N) is 1. The smallest absolute Gasteiger partial charge is 0.302 e. The highest BCUT2D eigenvalue weighted by molar-refractivity contribution is 5.77. The number of nitrogens with one attached hydrogen (secondary N) is 2. The van der Waals surface area contributed by atoms with Gasteiger partial charge < -0.3 is 41.2 Å². The van der Waals surface area contributed by atoms with Gasteiger partial charge in [0.25, 0.3) is 0 Å². The third-order valence-corrected chi connectivity index (χ3v) is 9.55. The molecule has 1 heterocycles. The van der Waals surface area contributed by atoms with Gasteiger partial charge in [-0.25, -0.2) is 0 Å². The number of rotatable bonds is 11. The maximum Gasteiger partial charge on any atom is 0.302 e. The van der Waals surface area contributed by atoms with E-state index in [0.29, 0.717) is 49.5 Å². The molecule has 256 valence electrons. The average Bonchev–Trinajstić information content (AvgIpc) is 3.06. The summed E-state index contributed by atoms with van der Waals surface area (Å²) in [4.78, 5) is 16.2. The van der Waals surface area contributed by atoms with Gasteiger partial charge in [0.05, 0.1) is 12.7 Å². The zero-order valence-electron chi connectivity index (χ0n) is 28.0. The lowest BCUT2D eigenvalue weighted by Gasteiger charge is -2.33. The number of phenols is 1. The molecule has 2 aliphatic rings. The molecule has 2 aromatic rings. The Kier molecular flexibility index (Phi) is 13.3. The monoisotopic (exact) mass is 648 g/mol. The van der Waals surface area contributed by atoms with Crippen LogP contribution in [0, 0.1) is 23.2 Å². The van der Waals surface area contributed by atoms with Crippen LogP contribution in [0.4, 0.5) is 0 Å². The van der Waals surface area contributed by atoms with E-state index in [0.717, 1.165) is 37.8 Å². The standard InChI is InChI=1S/C37H52N4O6/c1-4-37(24-41-36(38)39-3)14-8-11-27(34(46-25(2)43)22-31(44)12-15-37)18-28-20-35(33(45)19-29(28)23-42)47-32-13-16-40-30(21-32)17-26-9-6-5-7-10-26/h5-7,9-10,19-20,27,30-32,34,40,42,44-45H,4,11-13,15-18,21-24H2,1-3H3,(H3,38,39,41). The fourth-order valence-corrected chi connectivity index (χ4v) is 6.68. The Morgan fingerprint density at radius 2 is 1.96 bits per heavy atom. The summed E-state index contributed by atoms with van der Waals surface area (Å²) in [5.74, 6) is 6.83. The van der Waals surface area contributed by atoms with Crippen molar-refractivity contribution in [2.45, 2.75) is 103 Å². The molecule has 6 unspecified atom stereocenters. The fraction of sp³-hybridized carbons (Fsp3) is 0.568. The van der Waals surface area contributed by atoms with Gasteiger partial charge in [0, 0.05) is 50.7 Å². The van der Waals surface area contributed by atoms with Crippen LogP contribution in [0.1, 0.15) is 75.5 Å². The summed E-state index contributed by atoms with van der Waals surface area (Å²) in [6, 6.07) is 14.0. The molecule has 1 aliphatic carbocycles. The number of aliphatic hydroxyl groups is 2. The highest BCUT2D eigenvalue weighted by Gasteiger charge is 2.33. The second-order valence-electron chi connectivity index (χ2n) is 13.0. The number of ether oxygens (including phenoxy) is 2. The number of carbonyl (C=O) groups excluding carboxylic acids is 1. The molecule has 2 aromatic carbocycles.